The zero-order valence-electron chi connectivity index (χ0n) is 10.8. The average Bonchev–Trinajstić information content (AvgIpc) is 2.84. The van der Waals surface area contributed by atoms with E-state index in [1.54, 1.807) is 12.1 Å². The van der Waals surface area contributed by atoms with Gasteiger partial charge in [-0.3, -0.25) is 9.78 Å². The maximum Gasteiger partial charge on any atom is 0.334 e. The number of aryl methyl sites for hydroxylation is 1. The second kappa shape index (κ2) is 4.92. The molecule has 0 atom stereocenters. The second-order valence-corrected chi connectivity index (χ2v) is 6.27. The summed E-state index contributed by atoms with van der Waals surface area (Å²) in [4.78, 5) is 31.6. The van der Waals surface area contributed by atoms with Gasteiger partial charge in [0.05, 0.1) is 5.69 Å². The first-order valence-electron chi connectivity index (χ1n) is 5.87. The lowest BCUT2D eigenvalue weighted by Crippen LogP contribution is -2.33. The fourth-order valence-electron chi connectivity index (χ4n) is 2.00. The van der Waals surface area contributed by atoms with Gasteiger partial charge in [0.15, 0.2) is 9.99 Å². The van der Waals surface area contributed by atoms with Crippen molar-refractivity contribution in [2.75, 3.05) is 6.26 Å². The van der Waals surface area contributed by atoms with Crippen LogP contribution in [0.2, 0.25) is 0 Å². The van der Waals surface area contributed by atoms with E-state index in [-0.39, 0.29) is 5.56 Å². The highest BCUT2D eigenvalue weighted by atomic mass is 32.2. The van der Waals surface area contributed by atoms with Crippen LogP contribution in [0.25, 0.3) is 16.0 Å². The predicted octanol–water partition coefficient (Wildman–Crippen LogP) is 2.17. The number of rotatable bonds is 2. The standard InChI is InChI=1S/C13H11N3O2S2/c1-7-5-3-4-6-8(7)16-11(17)9-10(14-12(16)18)15-13(19-2)20-9/h3-6H,1-2H3,(H,14,18). The number of hydrogen-bond donors (Lipinski definition) is 1. The van der Waals surface area contributed by atoms with Crippen molar-refractivity contribution < 1.29 is 0 Å². The Hall–Kier alpha value is -1.86. The van der Waals surface area contributed by atoms with Gasteiger partial charge in [0.25, 0.3) is 5.56 Å². The zero-order valence-corrected chi connectivity index (χ0v) is 12.5. The highest BCUT2D eigenvalue weighted by Crippen LogP contribution is 2.24. The van der Waals surface area contributed by atoms with E-state index in [9.17, 15) is 9.59 Å². The molecule has 0 aliphatic heterocycles. The van der Waals surface area contributed by atoms with Crippen LogP contribution in [-0.2, 0) is 0 Å². The summed E-state index contributed by atoms with van der Waals surface area (Å²) in [6.07, 6.45) is 1.88. The molecule has 20 heavy (non-hydrogen) atoms. The van der Waals surface area contributed by atoms with E-state index in [1.807, 2.05) is 25.3 Å². The van der Waals surface area contributed by atoms with Crippen LogP contribution in [0.5, 0.6) is 0 Å². The number of para-hydroxylation sites is 1. The minimum absolute atomic E-state index is 0.323. The van der Waals surface area contributed by atoms with Gasteiger partial charge in [-0.05, 0) is 24.8 Å². The number of aromatic nitrogens is 3. The maximum absolute atomic E-state index is 12.5. The van der Waals surface area contributed by atoms with E-state index in [0.29, 0.717) is 16.0 Å². The summed E-state index contributed by atoms with van der Waals surface area (Å²) < 4.78 is 2.40. The SMILES string of the molecule is CSc1nc2[nH]c(=O)n(-c3ccccc3C)c(=O)c2s1. The van der Waals surface area contributed by atoms with Crippen molar-refractivity contribution in [3.8, 4) is 5.69 Å². The molecule has 3 aromatic rings. The van der Waals surface area contributed by atoms with Gasteiger partial charge in [0, 0.05) is 0 Å². The average molecular weight is 305 g/mol. The lowest BCUT2D eigenvalue weighted by atomic mass is 10.2. The molecule has 5 nitrogen and oxygen atoms in total. The number of fused-ring (bicyclic) bond motifs is 1. The summed E-state index contributed by atoms with van der Waals surface area (Å²) in [6.45, 7) is 1.87. The lowest BCUT2D eigenvalue weighted by Gasteiger charge is -2.06. The van der Waals surface area contributed by atoms with Crippen molar-refractivity contribution in [2.24, 2.45) is 0 Å². The van der Waals surface area contributed by atoms with Crippen molar-refractivity contribution in [2.45, 2.75) is 11.3 Å². The van der Waals surface area contributed by atoms with Crippen LogP contribution in [0.4, 0.5) is 0 Å². The van der Waals surface area contributed by atoms with E-state index in [4.69, 9.17) is 0 Å². The largest absolute Gasteiger partial charge is 0.334 e. The molecule has 2 aromatic heterocycles. The Morgan fingerprint density at radius 3 is 2.75 bits per heavy atom. The van der Waals surface area contributed by atoms with E-state index in [2.05, 4.69) is 9.97 Å². The van der Waals surface area contributed by atoms with Crippen LogP contribution in [0.1, 0.15) is 5.56 Å². The number of benzene rings is 1. The van der Waals surface area contributed by atoms with Gasteiger partial charge in [-0.25, -0.2) is 14.3 Å². The Kier molecular flexibility index (Phi) is 3.23. The third kappa shape index (κ3) is 1.99. The van der Waals surface area contributed by atoms with Gasteiger partial charge in [0.1, 0.15) is 4.70 Å². The normalized spacial score (nSPS) is 11.1. The zero-order chi connectivity index (χ0) is 14.3. The van der Waals surface area contributed by atoms with Gasteiger partial charge in [-0.15, -0.1) is 11.3 Å². The van der Waals surface area contributed by atoms with E-state index in [0.717, 1.165) is 9.90 Å². The van der Waals surface area contributed by atoms with Crippen LogP contribution >= 0.6 is 23.1 Å². The summed E-state index contributed by atoms with van der Waals surface area (Å²) in [6, 6.07) is 7.30. The smallest absolute Gasteiger partial charge is 0.290 e. The molecule has 102 valence electrons. The molecule has 0 aliphatic rings. The molecule has 0 spiro atoms. The van der Waals surface area contributed by atoms with Gasteiger partial charge >= 0.3 is 5.69 Å². The molecule has 0 aliphatic carbocycles. The third-order valence-electron chi connectivity index (χ3n) is 2.96. The topological polar surface area (TPSA) is 67.8 Å². The van der Waals surface area contributed by atoms with Crippen LogP contribution in [0.15, 0.2) is 38.2 Å². The fraction of sp³-hybridized carbons (Fsp3) is 0.154. The number of hydrogen-bond acceptors (Lipinski definition) is 5. The molecule has 0 fully saturated rings. The summed E-state index contributed by atoms with van der Waals surface area (Å²) >= 11 is 2.75. The molecular formula is C13H11N3O2S2. The van der Waals surface area contributed by atoms with Crippen molar-refractivity contribution in [3.63, 3.8) is 0 Å². The number of H-pyrrole nitrogens is 1. The Morgan fingerprint density at radius 2 is 2.05 bits per heavy atom. The Morgan fingerprint density at radius 1 is 1.30 bits per heavy atom. The van der Waals surface area contributed by atoms with Gasteiger partial charge in [-0.1, -0.05) is 30.0 Å². The molecule has 0 unspecified atom stereocenters. The van der Waals surface area contributed by atoms with Crippen LogP contribution in [-0.4, -0.2) is 20.8 Å². The first-order valence-corrected chi connectivity index (χ1v) is 7.92. The second-order valence-electron chi connectivity index (χ2n) is 4.22. The molecule has 0 bridgehead atoms. The molecule has 1 N–H and O–H groups in total. The van der Waals surface area contributed by atoms with Gasteiger partial charge < -0.3 is 0 Å². The molecule has 0 amide bonds. The molecule has 7 heteroatoms. The number of nitrogens with one attached hydrogen (secondary N) is 1. The first-order chi connectivity index (χ1) is 9.61. The van der Waals surface area contributed by atoms with Gasteiger partial charge in [0.2, 0.25) is 0 Å². The molecular weight excluding hydrogens is 294 g/mol. The van der Waals surface area contributed by atoms with Crippen molar-refractivity contribution in [3.05, 3.63) is 50.7 Å². The van der Waals surface area contributed by atoms with Crippen molar-refractivity contribution >= 4 is 33.4 Å². The van der Waals surface area contributed by atoms with E-state index in [1.165, 1.54) is 27.7 Å². The van der Waals surface area contributed by atoms with Crippen LogP contribution < -0.4 is 11.2 Å². The van der Waals surface area contributed by atoms with E-state index >= 15 is 0 Å². The fourth-order valence-corrected chi connectivity index (χ4v) is 3.45. The van der Waals surface area contributed by atoms with E-state index < -0.39 is 5.69 Å². The summed E-state index contributed by atoms with van der Waals surface area (Å²) in [7, 11) is 0. The number of aromatic amines is 1. The molecule has 1 aromatic carbocycles. The molecule has 0 saturated heterocycles. The van der Waals surface area contributed by atoms with Crippen LogP contribution in [0.3, 0.4) is 0 Å². The maximum atomic E-state index is 12.5. The quantitative estimate of drug-likeness (QED) is 0.737. The highest BCUT2D eigenvalue weighted by Gasteiger charge is 2.14. The Labute approximate surface area is 122 Å². The summed E-state index contributed by atoms with van der Waals surface area (Å²) in [5.74, 6) is 0. The Balaban J connectivity index is 2.40. The number of nitrogens with zero attached hydrogens (tertiary/aromatic N) is 2. The monoisotopic (exact) mass is 305 g/mol. The molecule has 0 radical (unpaired) electrons. The van der Waals surface area contributed by atoms with Crippen molar-refractivity contribution in [1.82, 2.24) is 14.5 Å². The molecule has 2 heterocycles. The minimum Gasteiger partial charge on any atom is -0.290 e. The number of thioether (sulfide) groups is 1. The summed E-state index contributed by atoms with van der Waals surface area (Å²) in [5, 5.41) is 0. The lowest BCUT2D eigenvalue weighted by molar-refractivity contribution is 0.891. The molecule has 3 rings (SSSR count). The number of thiazole rings is 1. The minimum atomic E-state index is -0.463. The van der Waals surface area contributed by atoms with Gasteiger partial charge in [-0.2, -0.15) is 0 Å². The van der Waals surface area contributed by atoms with Crippen molar-refractivity contribution in [1.29, 1.82) is 0 Å². The highest BCUT2D eigenvalue weighted by molar-refractivity contribution is 8.00. The predicted molar refractivity (Wildman–Crippen MR) is 82.4 cm³/mol. The summed E-state index contributed by atoms with van der Waals surface area (Å²) in [5.41, 5.74) is 1.04. The van der Waals surface area contributed by atoms with Crippen LogP contribution in [0, 0.1) is 6.92 Å². The first kappa shape index (κ1) is 13.1. The Bertz CT molecular complexity index is 908. The molecule has 0 saturated carbocycles. The third-order valence-corrected chi connectivity index (χ3v) is 4.99.